The number of thiazole rings is 1. The minimum atomic E-state index is -0.0751. The molecule has 0 saturated heterocycles. The van der Waals surface area contributed by atoms with Crippen LogP contribution in [0.3, 0.4) is 0 Å². The molecule has 0 N–H and O–H groups in total. The van der Waals surface area contributed by atoms with Gasteiger partial charge in [0.25, 0.3) is 5.56 Å². The van der Waals surface area contributed by atoms with Crippen LogP contribution in [0.2, 0.25) is 0 Å². The zero-order valence-electron chi connectivity index (χ0n) is 15.0. The van der Waals surface area contributed by atoms with E-state index in [1.807, 2.05) is 52.4 Å². The van der Waals surface area contributed by atoms with Gasteiger partial charge in [0.1, 0.15) is 0 Å². The van der Waals surface area contributed by atoms with Crippen LogP contribution in [-0.4, -0.2) is 29.1 Å². The Kier molecular flexibility index (Phi) is 4.66. The number of benzene rings is 1. The fraction of sp³-hybridized carbons (Fsp3) is 0.0500. The smallest absolute Gasteiger partial charge is 0.258 e. The normalized spacial score (nSPS) is 11.2. The zero-order chi connectivity index (χ0) is 19.6. The van der Waals surface area contributed by atoms with Crippen LogP contribution in [0.5, 0.6) is 0 Å². The molecule has 0 atom stereocenters. The van der Waals surface area contributed by atoms with Crippen molar-refractivity contribution in [2.24, 2.45) is 0 Å². The van der Waals surface area contributed by atoms with Crippen molar-refractivity contribution < 1.29 is 0 Å². The lowest BCUT2D eigenvalue weighted by Gasteiger charge is -2.10. The molecule has 0 radical (unpaired) electrons. The number of hydrogen-bond acceptors (Lipinski definition) is 7. The summed E-state index contributed by atoms with van der Waals surface area (Å²) in [5, 5.41) is 11.4. The predicted octanol–water partition coefficient (Wildman–Crippen LogP) is 3.69. The summed E-state index contributed by atoms with van der Waals surface area (Å²) in [6.07, 6.45) is 5.21. The van der Waals surface area contributed by atoms with Crippen LogP contribution in [0.25, 0.3) is 22.0 Å². The van der Waals surface area contributed by atoms with E-state index in [0.717, 1.165) is 27.9 Å². The maximum atomic E-state index is 12.2. The van der Waals surface area contributed by atoms with Gasteiger partial charge in [0.05, 0.1) is 5.69 Å². The van der Waals surface area contributed by atoms with Crippen LogP contribution in [0.1, 0.15) is 5.69 Å². The van der Waals surface area contributed by atoms with Crippen LogP contribution in [0.15, 0.2) is 82.5 Å². The highest BCUT2D eigenvalue weighted by molar-refractivity contribution is 7.98. The first-order chi connectivity index (χ1) is 14.3. The summed E-state index contributed by atoms with van der Waals surface area (Å²) in [6, 6.07) is 15.3. The van der Waals surface area contributed by atoms with Gasteiger partial charge in [-0.25, -0.2) is 4.98 Å². The summed E-state index contributed by atoms with van der Waals surface area (Å²) in [4.78, 5) is 21.6. The largest absolute Gasteiger partial charge is 0.270 e. The van der Waals surface area contributed by atoms with E-state index in [-0.39, 0.29) is 5.56 Å². The Bertz CT molecular complexity index is 1330. The van der Waals surface area contributed by atoms with Gasteiger partial charge in [-0.05, 0) is 24.3 Å². The van der Waals surface area contributed by atoms with Crippen molar-refractivity contribution in [2.75, 3.05) is 0 Å². The maximum absolute atomic E-state index is 12.2. The third kappa shape index (κ3) is 3.45. The average Bonchev–Trinajstić information content (AvgIpc) is 3.41. The molecule has 1 aromatic carbocycles. The number of rotatable bonds is 5. The molecule has 4 aromatic heterocycles. The fourth-order valence-corrected chi connectivity index (χ4v) is 4.54. The second kappa shape index (κ2) is 7.61. The van der Waals surface area contributed by atoms with E-state index in [4.69, 9.17) is 0 Å². The first-order valence-electron chi connectivity index (χ1n) is 8.79. The van der Waals surface area contributed by atoms with Gasteiger partial charge >= 0.3 is 0 Å². The molecule has 5 rings (SSSR count). The van der Waals surface area contributed by atoms with Gasteiger partial charge in [-0.3, -0.25) is 18.7 Å². The van der Waals surface area contributed by atoms with E-state index in [2.05, 4.69) is 20.2 Å². The van der Waals surface area contributed by atoms with Gasteiger partial charge in [0, 0.05) is 47.0 Å². The highest BCUT2D eigenvalue weighted by atomic mass is 32.2. The van der Waals surface area contributed by atoms with E-state index in [0.29, 0.717) is 10.7 Å². The molecule has 0 fully saturated rings. The van der Waals surface area contributed by atoms with E-state index in [1.54, 1.807) is 29.1 Å². The first kappa shape index (κ1) is 17.8. The zero-order valence-corrected chi connectivity index (χ0v) is 16.7. The molecule has 0 saturated carbocycles. The summed E-state index contributed by atoms with van der Waals surface area (Å²) >= 11 is 2.94. The van der Waals surface area contributed by atoms with E-state index in [1.165, 1.54) is 23.1 Å². The number of hydrogen-bond donors (Lipinski definition) is 0. The van der Waals surface area contributed by atoms with Gasteiger partial charge in [0.2, 0.25) is 0 Å². The van der Waals surface area contributed by atoms with Crippen molar-refractivity contribution in [2.45, 2.75) is 10.9 Å². The summed E-state index contributed by atoms with van der Waals surface area (Å²) in [6.45, 7) is 0. The molecule has 7 nitrogen and oxygen atoms in total. The van der Waals surface area contributed by atoms with Gasteiger partial charge in [0.15, 0.2) is 15.9 Å². The van der Waals surface area contributed by atoms with Gasteiger partial charge in [-0.1, -0.05) is 30.0 Å². The summed E-state index contributed by atoms with van der Waals surface area (Å²) < 4.78 is 3.56. The molecule has 0 amide bonds. The SMILES string of the molecule is O=c1cc(CSc2nnc(-c3ccncc3)n2-c2ccccc2)nc2sccn12. The van der Waals surface area contributed by atoms with Crippen molar-refractivity contribution in [3.63, 3.8) is 0 Å². The van der Waals surface area contributed by atoms with Crippen molar-refractivity contribution in [1.29, 1.82) is 0 Å². The number of aromatic nitrogens is 6. The number of para-hydroxylation sites is 1. The van der Waals surface area contributed by atoms with Crippen LogP contribution in [0.4, 0.5) is 0 Å². The predicted molar refractivity (Wildman–Crippen MR) is 113 cm³/mol. The lowest BCUT2D eigenvalue weighted by atomic mass is 10.2. The highest BCUT2D eigenvalue weighted by Gasteiger charge is 2.16. The van der Waals surface area contributed by atoms with Crippen LogP contribution < -0.4 is 5.56 Å². The van der Waals surface area contributed by atoms with E-state index >= 15 is 0 Å². The third-order valence-electron chi connectivity index (χ3n) is 4.29. The molecule has 0 spiro atoms. The first-order valence-corrected chi connectivity index (χ1v) is 10.7. The lowest BCUT2D eigenvalue weighted by Crippen LogP contribution is -2.12. The Hall–Kier alpha value is -3.30. The summed E-state index contributed by atoms with van der Waals surface area (Å²) in [5.41, 5.74) is 2.54. The third-order valence-corrected chi connectivity index (χ3v) is 6.01. The Morgan fingerprint density at radius 2 is 1.86 bits per heavy atom. The van der Waals surface area contributed by atoms with Crippen LogP contribution >= 0.6 is 23.1 Å². The molecule has 0 unspecified atom stereocenters. The molecule has 0 bridgehead atoms. The minimum Gasteiger partial charge on any atom is -0.270 e. The van der Waals surface area contributed by atoms with Crippen LogP contribution in [-0.2, 0) is 5.75 Å². The monoisotopic (exact) mass is 418 g/mol. The summed E-state index contributed by atoms with van der Waals surface area (Å²) in [5.74, 6) is 1.26. The maximum Gasteiger partial charge on any atom is 0.258 e. The van der Waals surface area contributed by atoms with E-state index < -0.39 is 0 Å². The van der Waals surface area contributed by atoms with Crippen molar-refractivity contribution in [3.05, 3.63) is 88.5 Å². The van der Waals surface area contributed by atoms with Gasteiger partial charge in [-0.2, -0.15) is 0 Å². The highest BCUT2D eigenvalue weighted by Crippen LogP contribution is 2.29. The second-order valence-corrected chi connectivity index (χ2v) is 7.96. The van der Waals surface area contributed by atoms with Gasteiger partial charge in [-0.15, -0.1) is 21.5 Å². The number of fused-ring (bicyclic) bond motifs is 1. The molecule has 0 aliphatic heterocycles. The standard InChI is InChI=1S/C20H14N6OS2/c27-17-12-15(22-19-25(17)10-11-28-19)13-29-20-24-23-18(14-6-8-21-9-7-14)26(20)16-4-2-1-3-5-16/h1-12H,13H2. The Balaban J connectivity index is 1.53. The molecule has 5 aromatic rings. The molecular weight excluding hydrogens is 404 g/mol. The quantitative estimate of drug-likeness (QED) is 0.405. The van der Waals surface area contributed by atoms with Crippen molar-refractivity contribution in [3.8, 4) is 17.1 Å². The fourth-order valence-electron chi connectivity index (χ4n) is 2.96. The van der Waals surface area contributed by atoms with E-state index in [9.17, 15) is 4.79 Å². The van der Waals surface area contributed by atoms with Crippen molar-refractivity contribution >= 4 is 28.1 Å². The molecule has 0 aliphatic carbocycles. The molecule has 9 heteroatoms. The minimum absolute atomic E-state index is 0.0751. The number of pyridine rings is 1. The van der Waals surface area contributed by atoms with Crippen molar-refractivity contribution in [1.82, 2.24) is 29.1 Å². The average molecular weight is 419 g/mol. The molecule has 142 valence electrons. The topological polar surface area (TPSA) is 78.0 Å². The Morgan fingerprint density at radius 3 is 2.69 bits per heavy atom. The number of nitrogens with zero attached hydrogens (tertiary/aromatic N) is 6. The Morgan fingerprint density at radius 1 is 1.03 bits per heavy atom. The number of thioether (sulfide) groups is 1. The molecule has 0 aliphatic rings. The molecule has 29 heavy (non-hydrogen) atoms. The lowest BCUT2D eigenvalue weighted by molar-refractivity contribution is 0.884. The Labute approximate surface area is 173 Å². The second-order valence-electron chi connectivity index (χ2n) is 6.14. The molecule has 4 heterocycles. The van der Waals surface area contributed by atoms with Crippen LogP contribution in [0, 0.1) is 0 Å². The summed E-state index contributed by atoms with van der Waals surface area (Å²) in [7, 11) is 0. The van der Waals surface area contributed by atoms with Gasteiger partial charge < -0.3 is 0 Å². The molecular formula is C20H14N6OS2.